The highest BCUT2D eigenvalue weighted by Gasteiger charge is 2.24. The second kappa shape index (κ2) is 6.37. The number of benzene rings is 2. The summed E-state index contributed by atoms with van der Waals surface area (Å²) >= 11 is 0. The topological polar surface area (TPSA) is 18.5 Å². The molecule has 0 aromatic heterocycles. The Hall–Kier alpha value is -2.11. The van der Waals surface area contributed by atoms with Gasteiger partial charge in [-0.3, -0.25) is 0 Å². The zero-order valence-corrected chi connectivity index (χ0v) is 10.6. The van der Waals surface area contributed by atoms with Crippen LogP contribution < -0.4 is 9.47 Å². The van der Waals surface area contributed by atoms with Gasteiger partial charge < -0.3 is 22.4 Å². The van der Waals surface area contributed by atoms with E-state index in [2.05, 4.69) is 4.74 Å². The van der Waals surface area contributed by atoms with Crippen LogP contribution in [0, 0.1) is 0 Å². The molecule has 6 heteroatoms. The van der Waals surface area contributed by atoms with Gasteiger partial charge in [-0.1, -0.05) is 30.3 Å². The summed E-state index contributed by atoms with van der Waals surface area (Å²) in [5, 5.41) is 0. The van der Waals surface area contributed by atoms with Crippen molar-refractivity contribution in [1.29, 1.82) is 0 Å². The fraction of sp³-hybridized carbons (Fsp3) is 0.143. The van der Waals surface area contributed by atoms with Crippen molar-refractivity contribution in [3.05, 3.63) is 60.2 Å². The van der Waals surface area contributed by atoms with Crippen LogP contribution in [0.3, 0.4) is 0 Å². The number of hydrogen-bond acceptors (Lipinski definition) is 2. The first-order valence-electron chi connectivity index (χ1n) is 6.13. The van der Waals surface area contributed by atoms with Crippen LogP contribution in [-0.4, -0.2) is 13.5 Å². The van der Waals surface area contributed by atoms with Gasteiger partial charge in [-0.05, 0) is 29.8 Å². The molecule has 0 atom stereocenters. The predicted molar refractivity (Wildman–Crippen MR) is 71.8 cm³/mol. The summed E-state index contributed by atoms with van der Waals surface area (Å²) in [4.78, 5) is 0. The predicted octanol–water partition coefficient (Wildman–Crippen LogP) is 4.03. The van der Waals surface area contributed by atoms with Crippen molar-refractivity contribution in [2.75, 3.05) is 6.51 Å². The first-order valence-corrected chi connectivity index (χ1v) is 6.13. The third-order valence-corrected chi connectivity index (χ3v) is 2.51. The molecule has 2 aromatic rings. The first kappa shape index (κ1) is 14.3. The normalized spacial score (nSPS) is 11.2. The maximum atomic E-state index is 12.0. The largest absolute Gasteiger partial charge is 0.522 e. The molecule has 0 saturated carbocycles. The van der Waals surface area contributed by atoms with Crippen LogP contribution >= 0.6 is 0 Å². The summed E-state index contributed by atoms with van der Waals surface area (Å²) in [5.74, 6) is 0.759. The molecule has 2 aromatic carbocycles. The van der Waals surface area contributed by atoms with Crippen molar-refractivity contribution in [1.82, 2.24) is 0 Å². The molecule has 0 bridgehead atoms. The van der Waals surface area contributed by atoms with E-state index in [1.807, 2.05) is 30.3 Å². The van der Waals surface area contributed by atoms with Gasteiger partial charge in [0.05, 0.1) is 6.51 Å². The molecule has 20 heavy (non-hydrogen) atoms. The first-order chi connectivity index (χ1) is 9.53. The lowest BCUT2D eigenvalue weighted by atomic mass is 9.95. The molecule has 0 N–H and O–H groups in total. The molecule has 0 amide bonds. The molecule has 0 fully saturated rings. The van der Waals surface area contributed by atoms with E-state index in [1.54, 1.807) is 12.1 Å². The Bertz CT molecular complexity index is 526. The zero-order valence-electron chi connectivity index (χ0n) is 10.6. The van der Waals surface area contributed by atoms with E-state index in [1.165, 1.54) is 12.1 Å². The molecular weight excluding hydrogens is 268 g/mol. The highest BCUT2D eigenvalue weighted by atomic mass is 19.4. The van der Waals surface area contributed by atoms with Gasteiger partial charge >= 0.3 is 6.98 Å². The van der Waals surface area contributed by atoms with Gasteiger partial charge in [0.2, 0.25) is 0 Å². The molecule has 106 valence electrons. The van der Waals surface area contributed by atoms with Gasteiger partial charge in [0, 0.05) is 0 Å². The minimum absolute atomic E-state index is 0.177. The lowest BCUT2D eigenvalue weighted by Gasteiger charge is -2.15. The van der Waals surface area contributed by atoms with Crippen molar-refractivity contribution in [3.8, 4) is 11.5 Å². The number of ether oxygens (including phenoxy) is 2. The summed E-state index contributed by atoms with van der Waals surface area (Å²) in [6, 6.07) is 15.7. The standard InChI is InChI=1S/C14H13BF3O2/c16-15(17,18)11-20-14-8-6-13(7-9-14)19-10-12-4-2-1-3-5-12/h1-9H,10-11H2/q-1. The van der Waals surface area contributed by atoms with Gasteiger partial charge in [0.1, 0.15) is 18.1 Å². The van der Waals surface area contributed by atoms with E-state index < -0.39 is 13.5 Å². The van der Waals surface area contributed by atoms with E-state index in [-0.39, 0.29) is 5.75 Å². The summed E-state index contributed by atoms with van der Waals surface area (Å²) in [7, 11) is 0. The second-order valence-electron chi connectivity index (χ2n) is 4.27. The fourth-order valence-electron chi connectivity index (χ4n) is 1.56. The molecular formula is C14H13BF3O2-. The van der Waals surface area contributed by atoms with Crippen molar-refractivity contribution >= 4 is 6.98 Å². The SMILES string of the molecule is F[B-](F)(F)COc1ccc(OCc2ccccc2)cc1. The molecule has 0 radical (unpaired) electrons. The number of halogens is 3. The molecule has 2 nitrogen and oxygen atoms in total. The molecule has 0 spiro atoms. The summed E-state index contributed by atoms with van der Waals surface area (Å²) in [5.41, 5.74) is 1.02. The van der Waals surface area contributed by atoms with Gasteiger partial charge in [-0.25, -0.2) is 0 Å². The Morgan fingerprint density at radius 3 is 1.85 bits per heavy atom. The van der Waals surface area contributed by atoms with Crippen LogP contribution in [-0.2, 0) is 6.61 Å². The Balaban J connectivity index is 1.85. The Kier molecular flexibility index (Phi) is 4.55. The maximum absolute atomic E-state index is 12.0. The summed E-state index contributed by atoms with van der Waals surface area (Å²) in [6.07, 6.45) is 0. The van der Waals surface area contributed by atoms with E-state index in [4.69, 9.17) is 4.74 Å². The molecule has 0 saturated heterocycles. The molecule has 0 aliphatic heterocycles. The average Bonchev–Trinajstić information content (AvgIpc) is 2.44. The Labute approximate surface area is 115 Å². The van der Waals surface area contributed by atoms with Gasteiger partial charge in [0.25, 0.3) is 0 Å². The highest BCUT2D eigenvalue weighted by molar-refractivity contribution is 6.58. The van der Waals surface area contributed by atoms with Crippen molar-refractivity contribution in [3.63, 3.8) is 0 Å². The van der Waals surface area contributed by atoms with Crippen LogP contribution in [0.25, 0.3) is 0 Å². The fourth-order valence-corrected chi connectivity index (χ4v) is 1.56. The van der Waals surface area contributed by atoms with Crippen molar-refractivity contribution < 1.29 is 22.4 Å². The van der Waals surface area contributed by atoms with Crippen molar-refractivity contribution in [2.24, 2.45) is 0 Å². The monoisotopic (exact) mass is 281 g/mol. The van der Waals surface area contributed by atoms with Gasteiger partial charge in [-0.15, -0.1) is 0 Å². The minimum Gasteiger partial charge on any atom is -0.522 e. The Morgan fingerprint density at radius 1 is 0.750 bits per heavy atom. The molecule has 0 unspecified atom stereocenters. The van der Waals surface area contributed by atoms with E-state index in [0.29, 0.717) is 12.4 Å². The molecule has 0 aliphatic rings. The molecule has 0 aliphatic carbocycles. The van der Waals surface area contributed by atoms with E-state index >= 15 is 0 Å². The lowest BCUT2D eigenvalue weighted by molar-refractivity contribution is 0.301. The van der Waals surface area contributed by atoms with Crippen LogP contribution in [0.5, 0.6) is 11.5 Å². The highest BCUT2D eigenvalue weighted by Crippen LogP contribution is 2.20. The second-order valence-corrected chi connectivity index (χ2v) is 4.27. The zero-order chi connectivity index (χ0) is 14.4. The molecule has 2 rings (SSSR count). The smallest absolute Gasteiger partial charge is 0.515 e. The lowest BCUT2D eigenvalue weighted by Crippen LogP contribution is -2.26. The van der Waals surface area contributed by atoms with E-state index in [0.717, 1.165) is 5.56 Å². The average molecular weight is 281 g/mol. The van der Waals surface area contributed by atoms with Gasteiger partial charge in [0.15, 0.2) is 0 Å². The van der Waals surface area contributed by atoms with Crippen LogP contribution in [0.4, 0.5) is 12.9 Å². The van der Waals surface area contributed by atoms with Crippen LogP contribution in [0.15, 0.2) is 54.6 Å². The van der Waals surface area contributed by atoms with Crippen molar-refractivity contribution in [2.45, 2.75) is 6.61 Å². The van der Waals surface area contributed by atoms with Crippen LogP contribution in [0.1, 0.15) is 5.56 Å². The maximum Gasteiger partial charge on any atom is 0.515 e. The quantitative estimate of drug-likeness (QED) is 0.744. The third kappa shape index (κ3) is 4.88. The minimum atomic E-state index is -4.93. The molecule has 0 heterocycles. The number of rotatable bonds is 6. The number of hydrogen-bond donors (Lipinski definition) is 0. The third-order valence-electron chi connectivity index (χ3n) is 2.51. The van der Waals surface area contributed by atoms with Gasteiger partial charge in [-0.2, -0.15) is 0 Å². The summed E-state index contributed by atoms with van der Waals surface area (Å²) in [6.45, 7) is -5.75. The van der Waals surface area contributed by atoms with Crippen LogP contribution in [0.2, 0.25) is 0 Å². The van der Waals surface area contributed by atoms with E-state index in [9.17, 15) is 12.9 Å². The Morgan fingerprint density at radius 2 is 1.30 bits per heavy atom. The summed E-state index contributed by atoms with van der Waals surface area (Å²) < 4.78 is 46.3.